The molecule has 17 heavy (non-hydrogen) atoms. The van der Waals surface area contributed by atoms with Gasteiger partial charge in [-0.2, -0.15) is 0 Å². The van der Waals surface area contributed by atoms with E-state index >= 15 is 0 Å². The Morgan fingerprint density at radius 1 is 1.12 bits per heavy atom. The Morgan fingerprint density at radius 2 is 1.82 bits per heavy atom. The van der Waals surface area contributed by atoms with Crippen molar-refractivity contribution in [1.29, 1.82) is 0 Å². The molecule has 0 saturated heterocycles. The van der Waals surface area contributed by atoms with Crippen molar-refractivity contribution in [3.63, 3.8) is 0 Å². The molecule has 0 bridgehead atoms. The zero-order chi connectivity index (χ0) is 12.6. The van der Waals surface area contributed by atoms with Gasteiger partial charge in [-0.15, -0.1) is 13.2 Å². The minimum atomic E-state index is -4.73. The molecular weight excluding hydrogens is 278 g/mol. The topological polar surface area (TPSA) is 22.1 Å². The van der Waals surface area contributed by atoms with Crippen molar-refractivity contribution < 1.29 is 17.9 Å². The predicted octanol–water partition coefficient (Wildman–Crippen LogP) is 4.44. The maximum atomic E-state index is 12.0. The molecule has 7 heteroatoms. The van der Waals surface area contributed by atoms with Crippen LogP contribution in [0, 0.1) is 0 Å². The van der Waals surface area contributed by atoms with Gasteiger partial charge in [-0.1, -0.05) is 23.2 Å². The zero-order valence-corrected chi connectivity index (χ0v) is 9.57. The van der Waals surface area contributed by atoms with Gasteiger partial charge in [-0.25, -0.2) is 4.98 Å². The lowest BCUT2D eigenvalue weighted by atomic mass is 10.2. The smallest absolute Gasteiger partial charge is 0.406 e. The standard InChI is InChI=1S/C10H4Cl2F3NO/c11-8-4-5-3-6(17-10(13,14)15)1-2-7(5)9(12)16-8/h1-4H. The number of hydrogen-bond acceptors (Lipinski definition) is 2. The van der Waals surface area contributed by atoms with Gasteiger partial charge in [-0.05, 0) is 29.7 Å². The summed E-state index contributed by atoms with van der Waals surface area (Å²) in [6, 6.07) is 5.16. The molecule has 0 fully saturated rings. The Hall–Kier alpha value is -1.20. The highest BCUT2D eigenvalue weighted by atomic mass is 35.5. The molecule has 2 rings (SSSR count). The van der Waals surface area contributed by atoms with Crippen LogP contribution in [0.5, 0.6) is 5.75 Å². The SMILES string of the molecule is FC(F)(F)Oc1ccc2c(Cl)nc(Cl)cc2c1. The second kappa shape index (κ2) is 4.23. The van der Waals surface area contributed by atoms with Gasteiger partial charge in [0.1, 0.15) is 16.1 Å². The maximum Gasteiger partial charge on any atom is 0.573 e. The molecule has 1 heterocycles. The summed E-state index contributed by atoms with van der Waals surface area (Å²) in [5, 5.41) is 1.17. The summed E-state index contributed by atoms with van der Waals surface area (Å²) in [6.07, 6.45) is -4.73. The van der Waals surface area contributed by atoms with Crippen molar-refractivity contribution in [2.45, 2.75) is 6.36 Å². The van der Waals surface area contributed by atoms with Gasteiger partial charge in [0.25, 0.3) is 0 Å². The normalized spacial score (nSPS) is 11.8. The average molecular weight is 282 g/mol. The van der Waals surface area contributed by atoms with Crippen molar-refractivity contribution in [3.8, 4) is 5.75 Å². The number of halogens is 5. The Balaban J connectivity index is 2.50. The van der Waals surface area contributed by atoms with Crippen LogP contribution in [0.25, 0.3) is 10.8 Å². The zero-order valence-electron chi connectivity index (χ0n) is 8.05. The van der Waals surface area contributed by atoms with Crippen molar-refractivity contribution in [2.24, 2.45) is 0 Å². The van der Waals surface area contributed by atoms with Crippen LogP contribution in [0.1, 0.15) is 0 Å². The molecule has 0 radical (unpaired) electrons. The molecule has 0 aliphatic rings. The van der Waals surface area contributed by atoms with Crippen LogP contribution in [0.2, 0.25) is 10.3 Å². The highest BCUT2D eigenvalue weighted by Crippen LogP contribution is 2.30. The van der Waals surface area contributed by atoms with Crippen molar-refractivity contribution >= 4 is 34.0 Å². The van der Waals surface area contributed by atoms with E-state index in [9.17, 15) is 13.2 Å². The Labute approximate surface area is 104 Å². The highest BCUT2D eigenvalue weighted by Gasteiger charge is 2.31. The largest absolute Gasteiger partial charge is 0.573 e. The number of hydrogen-bond donors (Lipinski definition) is 0. The van der Waals surface area contributed by atoms with Gasteiger partial charge in [-0.3, -0.25) is 0 Å². The van der Waals surface area contributed by atoms with Crippen LogP contribution in [0.15, 0.2) is 24.3 Å². The molecule has 0 amide bonds. The van der Waals surface area contributed by atoms with Crippen molar-refractivity contribution in [2.75, 3.05) is 0 Å². The number of aromatic nitrogens is 1. The molecule has 1 aromatic carbocycles. The number of alkyl halides is 3. The lowest BCUT2D eigenvalue weighted by molar-refractivity contribution is -0.274. The first kappa shape index (κ1) is 12.3. The number of ether oxygens (including phenoxy) is 1. The van der Waals surface area contributed by atoms with E-state index in [0.29, 0.717) is 10.8 Å². The Morgan fingerprint density at radius 3 is 2.47 bits per heavy atom. The summed E-state index contributed by atoms with van der Waals surface area (Å²) in [7, 11) is 0. The van der Waals surface area contributed by atoms with E-state index in [4.69, 9.17) is 23.2 Å². The van der Waals surface area contributed by atoms with Crippen LogP contribution < -0.4 is 4.74 Å². The molecule has 2 aromatic rings. The van der Waals surface area contributed by atoms with E-state index < -0.39 is 6.36 Å². The minimum Gasteiger partial charge on any atom is -0.406 e. The first-order valence-electron chi connectivity index (χ1n) is 4.37. The Bertz CT molecular complexity index is 571. The first-order valence-corrected chi connectivity index (χ1v) is 5.12. The van der Waals surface area contributed by atoms with E-state index in [2.05, 4.69) is 9.72 Å². The lowest BCUT2D eigenvalue weighted by Crippen LogP contribution is -2.16. The minimum absolute atomic E-state index is 0.103. The van der Waals surface area contributed by atoms with Crippen LogP contribution in [0.3, 0.4) is 0 Å². The van der Waals surface area contributed by atoms with E-state index in [1.165, 1.54) is 18.2 Å². The fourth-order valence-corrected chi connectivity index (χ4v) is 1.87. The third-order valence-corrected chi connectivity index (χ3v) is 2.44. The van der Waals surface area contributed by atoms with Crippen LogP contribution >= 0.6 is 23.2 Å². The number of benzene rings is 1. The van der Waals surface area contributed by atoms with Gasteiger partial charge in [0, 0.05) is 5.39 Å². The quantitative estimate of drug-likeness (QED) is 0.721. The van der Waals surface area contributed by atoms with Gasteiger partial charge in [0.15, 0.2) is 0 Å². The fraction of sp³-hybridized carbons (Fsp3) is 0.100. The molecular formula is C10H4Cl2F3NO. The molecule has 1 aromatic heterocycles. The fourth-order valence-electron chi connectivity index (χ4n) is 1.36. The lowest BCUT2D eigenvalue weighted by Gasteiger charge is -2.09. The molecule has 0 N–H and O–H groups in total. The first-order chi connectivity index (χ1) is 7.85. The van der Waals surface area contributed by atoms with Gasteiger partial charge >= 0.3 is 6.36 Å². The molecule has 2 nitrogen and oxygen atoms in total. The molecule has 0 spiro atoms. The molecule has 0 aliphatic heterocycles. The number of fused-ring (bicyclic) bond motifs is 1. The molecule has 0 unspecified atom stereocenters. The monoisotopic (exact) mass is 281 g/mol. The van der Waals surface area contributed by atoms with E-state index in [-0.39, 0.29) is 16.1 Å². The number of pyridine rings is 1. The number of rotatable bonds is 1. The average Bonchev–Trinajstić information content (AvgIpc) is 2.13. The van der Waals surface area contributed by atoms with E-state index in [1.807, 2.05) is 0 Å². The van der Waals surface area contributed by atoms with Crippen LogP contribution in [-0.2, 0) is 0 Å². The third-order valence-electron chi connectivity index (χ3n) is 1.96. The molecule has 0 atom stereocenters. The van der Waals surface area contributed by atoms with Crippen molar-refractivity contribution in [3.05, 3.63) is 34.6 Å². The molecule has 0 saturated carbocycles. The second-order valence-electron chi connectivity index (χ2n) is 3.17. The molecule has 0 aliphatic carbocycles. The third kappa shape index (κ3) is 2.92. The van der Waals surface area contributed by atoms with Gasteiger partial charge in [0.2, 0.25) is 0 Å². The summed E-state index contributed by atoms with van der Waals surface area (Å²) in [4.78, 5) is 3.77. The Kier molecular flexibility index (Phi) is 3.05. The molecule has 90 valence electrons. The summed E-state index contributed by atoms with van der Waals surface area (Å²) in [5.74, 6) is -0.330. The highest BCUT2D eigenvalue weighted by molar-refractivity contribution is 6.36. The summed E-state index contributed by atoms with van der Waals surface area (Å²) < 4.78 is 39.8. The van der Waals surface area contributed by atoms with Crippen LogP contribution in [0.4, 0.5) is 13.2 Å². The van der Waals surface area contributed by atoms with Gasteiger partial charge in [0.05, 0.1) is 0 Å². The van der Waals surface area contributed by atoms with Crippen LogP contribution in [-0.4, -0.2) is 11.3 Å². The van der Waals surface area contributed by atoms with Gasteiger partial charge < -0.3 is 4.74 Å². The number of nitrogens with zero attached hydrogens (tertiary/aromatic N) is 1. The summed E-state index contributed by atoms with van der Waals surface area (Å²) in [5.41, 5.74) is 0. The second-order valence-corrected chi connectivity index (χ2v) is 3.91. The summed E-state index contributed by atoms with van der Waals surface area (Å²) >= 11 is 11.4. The maximum absolute atomic E-state index is 12.0. The van der Waals surface area contributed by atoms with Crippen molar-refractivity contribution in [1.82, 2.24) is 4.98 Å². The van der Waals surface area contributed by atoms with E-state index in [1.54, 1.807) is 0 Å². The summed E-state index contributed by atoms with van der Waals surface area (Å²) in [6.45, 7) is 0. The predicted molar refractivity (Wildman–Crippen MR) is 58.4 cm³/mol. The van der Waals surface area contributed by atoms with E-state index in [0.717, 1.165) is 6.07 Å².